The van der Waals surface area contributed by atoms with E-state index in [4.69, 9.17) is 0 Å². The van der Waals surface area contributed by atoms with E-state index in [1.54, 1.807) is 19.1 Å². The molecule has 3 rings (SSSR count). The van der Waals surface area contributed by atoms with Gasteiger partial charge in [0.25, 0.3) is 0 Å². The Morgan fingerprint density at radius 2 is 1.73 bits per heavy atom. The average molecular weight is 373 g/mol. The molecule has 0 aliphatic carbocycles. The Morgan fingerprint density at radius 3 is 2.31 bits per heavy atom. The molecular formula is C21H28N2O2S. The van der Waals surface area contributed by atoms with Crippen molar-refractivity contribution in [1.82, 2.24) is 10.2 Å². The molecule has 0 unspecified atom stereocenters. The fourth-order valence-electron chi connectivity index (χ4n) is 3.60. The largest absolute Gasteiger partial charge is 0.305 e. The molecule has 140 valence electrons. The molecule has 2 aromatic rings. The molecule has 1 fully saturated rings. The lowest BCUT2D eigenvalue weighted by molar-refractivity contribution is 0.295. The number of likely N-dealkylation sites (N-methyl/N-ethyl adjacent to an activating group) is 1. The second-order valence-electron chi connectivity index (χ2n) is 7.00. The first-order valence-corrected chi connectivity index (χ1v) is 11.0. The third-order valence-electron chi connectivity index (χ3n) is 5.31. The van der Waals surface area contributed by atoms with Gasteiger partial charge in [-0.05, 0) is 49.7 Å². The highest BCUT2D eigenvalue weighted by atomic mass is 32.2. The van der Waals surface area contributed by atoms with Gasteiger partial charge in [-0.3, -0.25) is 0 Å². The van der Waals surface area contributed by atoms with Crippen molar-refractivity contribution in [2.45, 2.75) is 36.7 Å². The minimum absolute atomic E-state index is 0.0589. The molecule has 0 radical (unpaired) electrons. The average Bonchev–Trinajstić information content (AvgIpc) is 3.08. The number of hydrogen-bond acceptors (Lipinski definition) is 4. The minimum Gasteiger partial charge on any atom is -0.305 e. The second kappa shape index (κ2) is 8.33. The summed E-state index contributed by atoms with van der Waals surface area (Å²) < 4.78 is 24.1. The summed E-state index contributed by atoms with van der Waals surface area (Å²) >= 11 is 0. The van der Waals surface area contributed by atoms with Crippen LogP contribution >= 0.6 is 0 Å². The molecule has 1 heterocycles. The summed E-state index contributed by atoms with van der Waals surface area (Å²) in [6.07, 6.45) is 2.47. The van der Waals surface area contributed by atoms with E-state index in [-0.39, 0.29) is 11.8 Å². The van der Waals surface area contributed by atoms with Gasteiger partial charge in [0.2, 0.25) is 0 Å². The monoisotopic (exact) mass is 372 g/mol. The summed E-state index contributed by atoms with van der Waals surface area (Å²) in [6.45, 7) is 3.76. The number of benzene rings is 2. The molecule has 0 saturated carbocycles. The van der Waals surface area contributed by atoms with Crippen LogP contribution in [0.5, 0.6) is 0 Å². The van der Waals surface area contributed by atoms with E-state index < -0.39 is 9.84 Å². The zero-order valence-corrected chi connectivity index (χ0v) is 16.4. The van der Waals surface area contributed by atoms with Gasteiger partial charge in [-0.15, -0.1) is 0 Å². The van der Waals surface area contributed by atoms with Gasteiger partial charge in [0.1, 0.15) is 0 Å². The molecule has 0 spiro atoms. The first-order valence-electron chi connectivity index (χ1n) is 9.32. The van der Waals surface area contributed by atoms with Crippen LogP contribution in [0.4, 0.5) is 0 Å². The quantitative estimate of drug-likeness (QED) is 0.810. The Hall–Kier alpha value is -1.69. The lowest BCUT2D eigenvalue weighted by Gasteiger charge is -2.25. The van der Waals surface area contributed by atoms with Crippen molar-refractivity contribution < 1.29 is 8.42 Å². The van der Waals surface area contributed by atoms with E-state index in [0.717, 1.165) is 18.7 Å². The molecule has 5 heteroatoms. The summed E-state index contributed by atoms with van der Waals surface area (Å²) in [7, 11) is -0.983. The summed E-state index contributed by atoms with van der Waals surface area (Å²) in [5.74, 6) is 0.126. The van der Waals surface area contributed by atoms with Crippen LogP contribution in [0.15, 0.2) is 59.5 Å². The molecule has 1 aliphatic heterocycles. The van der Waals surface area contributed by atoms with Gasteiger partial charge in [-0.2, -0.15) is 0 Å². The minimum atomic E-state index is -3.17. The molecule has 1 saturated heterocycles. The summed E-state index contributed by atoms with van der Waals surface area (Å²) in [5.41, 5.74) is 2.28. The van der Waals surface area contributed by atoms with Gasteiger partial charge < -0.3 is 10.2 Å². The van der Waals surface area contributed by atoms with Gasteiger partial charge in [-0.1, -0.05) is 49.4 Å². The van der Waals surface area contributed by atoms with Crippen LogP contribution in [0, 0.1) is 0 Å². The molecule has 0 aromatic heterocycles. The fourth-order valence-corrected chi connectivity index (χ4v) is 4.48. The van der Waals surface area contributed by atoms with Crippen molar-refractivity contribution in [3.8, 4) is 0 Å². The van der Waals surface area contributed by atoms with E-state index in [1.165, 1.54) is 18.4 Å². The number of likely N-dealkylation sites (tertiary alicyclic amines) is 1. The first-order chi connectivity index (χ1) is 12.5. The number of nitrogens with zero attached hydrogens (tertiary/aromatic N) is 1. The lowest BCUT2D eigenvalue weighted by atomic mass is 9.98. The highest BCUT2D eigenvalue weighted by Crippen LogP contribution is 2.25. The van der Waals surface area contributed by atoms with Crippen LogP contribution in [-0.2, 0) is 9.84 Å². The maximum Gasteiger partial charge on any atom is 0.178 e. The Labute approximate surface area is 157 Å². The molecule has 2 aromatic carbocycles. The number of hydrogen-bond donors (Lipinski definition) is 1. The molecule has 4 nitrogen and oxygen atoms in total. The summed E-state index contributed by atoms with van der Waals surface area (Å²) in [6, 6.07) is 18.3. The van der Waals surface area contributed by atoms with Crippen LogP contribution in [0.3, 0.4) is 0 Å². The third kappa shape index (κ3) is 4.34. The molecule has 2 atom stereocenters. The number of sulfone groups is 1. The second-order valence-corrected chi connectivity index (χ2v) is 9.28. The number of nitrogens with one attached hydrogen (secondary N) is 1. The molecule has 1 aliphatic rings. The fraction of sp³-hybridized carbons (Fsp3) is 0.429. The van der Waals surface area contributed by atoms with Crippen molar-refractivity contribution >= 4 is 9.84 Å². The van der Waals surface area contributed by atoms with E-state index in [0.29, 0.717) is 10.9 Å². The summed E-state index contributed by atoms with van der Waals surface area (Å²) in [4.78, 5) is 2.80. The van der Waals surface area contributed by atoms with E-state index in [2.05, 4.69) is 29.4 Å². The Bertz CT molecular complexity index is 804. The smallest absolute Gasteiger partial charge is 0.178 e. The Kier molecular flexibility index (Phi) is 6.12. The summed E-state index contributed by atoms with van der Waals surface area (Å²) in [5, 5.41) is 3.71. The normalized spacial score (nSPS) is 19.5. The standard InChI is InChI=1S/C21H28N2O2S/c1-3-26(24,25)20-13-11-18(12-14-20)21(17-8-5-4-6-9-17)22-16-19-10-7-15-23(19)2/h4-6,8-9,11-14,19,21-22H,3,7,10,15-16H2,1-2H3/t19-,21-/m0/s1. The maximum absolute atomic E-state index is 12.1. The molecule has 26 heavy (non-hydrogen) atoms. The third-order valence-corrected chi connectivity index (χ3v) is 7.07. The van der Waals surface area contributed by atoms with Crippen LogP contribution in [0.25, 0.3) is 0 Å². The van der Waals surface area contributed by atoms with Crippen LogP contribution < -0.4 is 5.32 Å². The zero-order chi connectivity index (χ0) is 18.6. The number of rotatable bonds is 7. The molecule has 1 N–H and O–H groups in total. The topological polar surface area (TPSA) is 49.4 Å². The molecule has 0 amide bonds. The molecule has 0 bridgehead atoms. The zero-order valence-electron chi connectivity index (χ0n) is 15.6. The highest BCUT2D eigenvalue weighted by molar-refractivity contribution is 7.91. The van der Waals surface area contributed by atoms with Crippen molar-refractivity contribution in [3.05, 3.63) is 65.7 Å². The lowest BCUT2D eigenvalue weighted by Crippen LogP contribution is -2.37. The van der Waals surface area contributed by atoms with Gasteiger partial charge >= 0.3 is 0 Å². The van der Waals surface area contributed by atoms with E-state index in [1.807, 2.05) is 30.3 Å². The van der Waals surface area contributed by atoms with Crippen LogP contribution in [-0.4, -0.2) is 45.2 Å². The first kappa shape index (κ1) is 19.1. The van der Waals surface area contributed by atoms with Crippen molar-refractivity contribution in [2.24, 2.45) is 0 Å². The van der Waals surface area contributed by atoms with Crippen molar-refractivity contribution in [2.75, 3.05) is 25.9 Å². The van der Waals surface area contributed by atoms with E-state index >= 15 is 0 Å². The van der Waals surface area contributed by atoms with E-state index in [9.17, 15) is 8.42 Å². The van der Waals surface area contributed by atoms with Crippen LogP contribution in [0.2, 0.25) is 0 Å². The molecular weight excluding hydrogens is 344 g/mol. The maximum atomic E-state index is 12.1. The van der Waals surface area contributed by atoms with Crippen molar-refractivity contribution in [1.29, 1.82) is 0 Å². The SMILES string of the molecule is CCS(=O)(=O)c1ccc([C@@H](NC[C@@H]2CCCN2C)c2ccccc2)cc1. The van der Waals surface area contributed by atoms with Gasteiger partial charge in [0.05, 0.1) is 16.7 Å². The van der Waals surface area contributed by atoms with Crippen LogP contribution in [0.1, 0.15) is 36.9 Å². The van der Waals surface area contributed by atoms with Gasteiger partial charge in [0.15, 0.2) is 9.84 Å². The predicted octanol–water partition coefficient (Wildman–Crippen LogP) is 3.25. The highest BCUT2D eigenvalue weighted by Gasteiger charge is 2.23. The van der Waals surface area contributed by atoms with Crippen molar-refractivity contribution in [3.63, 3.8) is 0 Å². The van der Waals surface area contributed by atoms with Gasteiger partial charge in [0, 0.05) is 12.6 Å². The van der Waals surface area contributed by atoms with Gasteiger partial charge in [-0.25, -0.2) is 8.42 Å². The Morgan fingerprint density at radius 1 is 1.08 bits per heavy atom. The predicted molar refractivity (Wildman–Crippen MR) is 106 cm³/mol. The Balaban J connectivity index is 1.83.